The van der Waals surface area contributed by atoms with Gasteiger partial charge in [-0.05, 0) is 56.3 Å². The van der Waals surface area contributed by atoms with Crippen LogP contribution in [0, 0.1) is 24.2 Å². The lowest BCUT2D eigenvalue weighted by Crippen LogP contribution is -2.47. The molecule has 3 nitrogen and oxygen atoms in total. The van der Waals surface area contributed by atoms with Gasteiger partial charge in [0.2, 0.25) is 0 Å². The molecule has 2 rings (SSSR count). The molecule has 0 radical (unpaired) electrons. The van der Waals surface area contributed by atoms with Gasteiger partial charge >= 0.3 is 0 Å². The molecule has 1 fully saturated rings. The SMILES string of the molecule is CCNC1(C#N)CCCC1CCOc1cccc(C)c1. The molecule has 2 unspecified atom stereocenters. The van der Waals surface area contributed by atoms with Crippen molar-refractivity contribution in [1.29, 1.82) is 5.26 Å². The van der Waals surface area contributed by atoms with Gasteiger partial charge in [-0.2, -0.15) is 5.26 Å². The molecule has 0 bridgehead atoms. The standard InChI is InChI=1S/C17H24N2O/c1-3-19-17(13-18)10-5-7-15(17)9-11-20-16-8-4-6-14(2)12-16/h4,6,8,12,15,19H,3,5,7,9-11H2,1-2H3. The fraction of sp³-hybridized carbons (Fsp3) is 0.588. The molecule has 1 aromatic carbocycles. The molecule has 20 heavy (non-hydrogen) atoms. The van der Waals surface area contributed by atoms with Crippen molar-refractivity contribution in [2.45, 2.75) is 45.1 Å². The van der Waals surface area contributed by atoms with E-state index >= 15 is 0 Å². The zero-order valence-electron chi connectivity index (χ0n) is 12.5. The van der Waals surface area contributed by atoms with Gasteiger partial charge in [0.1, 0.15) is 11.3 Å². The van der Waals surface area contributed by atoms with E-state index in [0.717, 1.165) is 38.0 Å². The van der Waals surface area contributed by atoms with Crippen molar-refractivity contribution in [3.05, 3.63) is 29.8 Å². The normalized spacial score (nSPS) is 25.4. The third kappa shape index (κ3) is 3.32. The zero-order chi connectivity index (χ0) is 14.4. The Morgan fingerprint density at radius 3 is 3.05 bits per heavy atom. The number of rotatable bonds is 6. The molecule has 0 amide bonds. The average Bonchev–Trinajstić information content (AvgIpc) is 2.83. The summed E-state index contributed by atoms with van der Waals surface area (Å²) in [6, 6.07) is 10.6. The van der Waals surface area contributed by atoms with Crippen LogP contribution in [-0.2, 0) is 0 Å². The number of ether oxygens (including phenoxy) is 1. The first-order valence-electron chi connectivity index (χ1n) is 7.56. The van der Waals surface area contributed by atoms with Gasteiger partial charge < -0.3 is 4.74 Å². The van der Waals surface area contributed by atoms with Gasteiger partial charge in [-0.15, -0.1) is 0 Å². The van der Waals surface area contributed by atoms with Crippen LogP contribution >= 0.6 is 0 Å². The third-order valence-electron chi connectivity index (χ3n) is 4.24. The number of aryl methyl sites for hydroxylation is 1. The number of nitrogens with zero attached hydrogens (tertiary/aromatic N) is 1. The number of hydrogen-bond donors (Lipinski definition) is 1. The average molecular weight is 272 g/mol. The first kappa shape index (κ1) is 14.9. The Hall–Kier alpha value is -1.53. The van der Waals surface area contributed by atoms with Crippen LogP contribution < -0.4 is 10.1 Å². The van der Waals surface area contributed by atoms with Gasteiger partial charge in [-0.3, -0.25) is 5.32 Å². The number of hydrogen-bond acceptors (Lipinski definition) is 3. The topological polar surface area (TPSA) is 45.0 Å². The van der Waals surface area contributed by atoms with Crippen LogP contribution in [0.2, 0.25) is 0 Å². The molecule has 0 aliphatic heterocycles. The molecule has 1 N–H and O–H groups in total. The van der Waals surface area contributed by atoms with Crippen LogP contribution in [0.5, 0.6) is 5.75 Å². The Balaban J connectivity index is 1.88. The maximum Gasteiger partial charge on any atom is 0.119 e. The Bertz CT molecular complexity index is 480. The van der Waals surface area contributed by atoms with E-state index in [1.807, 2.05) is 12.1 Å². The van der Waals surface area contributed by atoms with Gasteiger partial charge in [0.25, 0.3) is 0 Å². The van der Waals surface area contributed by atoms with Crippen LogP contribution in [0.15, 0.2) is 24.3 Å². The van der Waals surface area contributed by atoms with Crippen molar-refractivity contribution in [2.24, 2.45) is 5.92 Å². The van der Waals surface area contributed by atoms with Crippen molar-refractivity contribution in [3.8, 4) is 11.8 Å². The molecule has 0 saturated heterocycles. The Labute approximate surface area is 121 Å². The first-order chi connectivity index (χ1) is 9.70. The molecule has 3 heteroatoms. The van der Waals surface area contributed by atoms with Crippen molar-refractivity contribution < 1.29 is 4.74 Å². The van der Waals surface area contributed by atoms with Crippen LogP contribution in [0.1, 0.15) is 38.2 Å². The largest absolute Gasteiger partial charge is 0.494 e. The van der Waals surface area contributed by atoms with E-state index in [-0.39, 0.29) is 5.54 Å². The van der Waals surface area contributed by atoms with Gasteiger partial charge in [-0.1, -0.05) is 25.5 Å². The fourth-order valence-corrected chi connectivity index (χ4v) is 3.23. The van der Waals surface area contributed by atoms with Gasteiger partial charge in [0.15, 0.2) is 0 Å². The highest BCUT2D eigenvalue weighted by molar-refractivity contribution is 5.27. The highest BCUT2D eigenvalue weighted by Gasteiger charge is 2.42. The van der Waals surface area contributed by atoms with E-state index in [4.69, 9.17) is 4.74 Å². The number of nitriles is 1. The molecule has 108 valence electrons. The quantitative estimate of drug-likeness (QED) is 0.863. The van der Waals surface area contributed by atoms with Gasteiger partial charge in [-0.25, -0.2) is 0 Å². The summed E-state index contributed by atoms with van der Waals surface area (Å²) in [6.45, 7) is 5.67. The van der Waals surface area contributed by atoms with E-state index in [0.29, 0.717) is 12.5 Å². The molecule has 0 heterocycles. The lowest BCUT2D eigenvalue weighted by atomic mass is 9.86. The van der Waals surface area contributed by atoms with Crippen LogP contribution in [0.25, 0.3) is 0 Å². The minimum absolute atomic E-state index is 0.329. The minimum Gasteiger partial charge on any atom is -0.494 e. The Kier molecular flexibility index (Phi) is 5.03. The maximum atomic E-state index is 9.52. The van der Waals surface area contributed by atoms with E-state index in [1.54, 1.807) is 0 Å². The monoisotopic (exact) mass is 272 g/mol. The summed E-state index contributed by atoms with van der Waals surface area (Å²) in [5, 5.41) is 12.9. The first-order valence-corrected chi connectivity index (χ1v) is 7.56. The molecule has 1 aliphatic rings. The molecule has 1 aliphatic carbocycles. The predicted molar refractivity (Wildman–Crippen MR) is 80.7 cm³/mol. The summed E-state index contributed by atoms with van der Waals surface area (Å²) in [6.07, 6.45) is 4.16. The summed E-state index contributed by atoms with van der Waals surface area (Å²) in [5.74, 6) is 1.33. The second-order valence-corrected chi connectivity index (χ2v) is 5.66. The lowest BCUT2D eigenvalue weighted by molar-refractivity contribution is 0.234. The Morgan fingerprint density at radius 2 is 2.35 bits per heavy atom. The summed E-state index contributed by atoms with van der Waals surface area (Å²) in [7, 11) is 0. The van der Waals surface area contributed by atoms with Crippen LogP contribution in [-0.4, -0.2) is 18.7 Å². The number of nitrogens with one attached hydrogen (secondary N) is 1. The van der Waals surface area contributed by atoms with Crippen molar-refractivity contribution >= 4 is 0 Å². The molecule has 1 aromatic rings. The Morgan fingerprint density at radius 1 is 1.50 bits per heavy atom. The van der Waals surface area contributed by atoms with Crippen molar-refractivity contribution in [2.75, 3.05) is 13.2 Å². The van der Waals surface area contributed by atoms with Crippen LogP contribution in [0.4, 0.5) is 0 Å². The van der Waals surface area contributed by atoms with Crippen molar-refractivity contribution in [1.82, 2.24) is 5.32 Å². The van der Waals surface area contributed by atoms with E-state index in [9.17, 15) is 5.26 Å². The summed E-state index contributed by atoms with van der Waals surface area (Å²) in [5.41, 5.74) is 0.882. The summed E-state index contributed by atoms with van der Waals surface area (Å²) >= 11 is 0. The van der Waals surface area contributed by atoms with Crippen molar-refractivity contribution in [3.63, 3.8) is 0 Å². The second-order valence-electron chi connectivity index (χ2n) is 5.66. The predicted octanol–water partition coefficient (Wildman–Crippen LogP) is 3.44. The maximum absolute atomic E-state index is 9.52. The molecular formula is C17H24N2O. The zero-order valence-corrected chi connectivity index (χ0v) is 12.5. The summed E-state index contributed by atoms with van der Waals surface area (Å²) < 4.78 is 5.83. The smallest absolute Gasteiger partial charge is 0.119 e. The molecule has 0 aromatic heterocycles. The summed E-state index contributed by atoms with van der Waals surface area (Å²) in [4.78, 5) is 0. The lowest BCUT2D eigenvalue weighted by Gasteiger charge is -2.29. The second kappa shape index (κ2) is 6.76. The third-order valence-corrected chi connectivity index (χ3v) is 4.24. The van der Waals surface area contributed by atoms with Gasteiger partial charge in [0.05, 0.1) is 12.7 Å². The molecule has 1 saturated carbocycles. The minimum atomic E-state index is -0.329. The van der Waals surface area contributed by atoms with E-state index < -0.39 is 0 Å². The fourth-order valence-electron chi connectivity index (χ4n) is 3.23. The van der Waals surface area contributed by atoms with Crippen LogP contribution in [0.3, 0.4) is 0 Å². The number of benzene rings is 1. The van der Waals surface area contributed by atoms with E-state index in [1.165, 1.54) is 5.56 Å². The van der Waals surface area contributed by atoms with Gasteiger partial charge in [0, 0.05) is 0 Å². The molecule has 0 spiro atoms. The molecular weight excluding hydrogens is 248 g/mol. The molecule has 2 atom stereocenters. The highest BCUT2D eigenvalue weighted by Crippen LogP contribution is 2.37. The van der Waals surface area contributed by atoms with E-state index in [2.05, 4.69) is 37.4 Å². The highest BCUT2D eigenvalue weighted by atomic mass is 16.5.